The maximum atomic E-state index is 11.9. The van der Waals surface area contributed by atoms with Crippen molar-refractivity contribution in [1.82, 2.24) is 4.98 Å². The Morgan fingerprint density at radius 2 is 2.16 bits per heavy atom. The number of hydrogen-bond acceptors (Lipinski definition) is 4. The second kappa shape index (κ2) is 5.09. The van der Waals surface area contributed by atoms with E-state index in [2.05, 4.69) is 4.98 Å². The molecule has 1 fully saturated rings. The number of hydrogen-bond donors (Lipinski definition) is 0. The first kappa shape index (κ1) is 14.3. The van der Waals surface area contributed by atoms with Gasteiger partial charge in [0.1, 0.15) is 0 Å². The molecule has 2 heterocycles. The normalized spacial score (nSPS) is 20.1. The average molecular weight is 303 g/mol. The van der Waals surface area contributed by atoms with Gasteiger partial charge in [-0.25, -0.2) is 8.42 Å². The highest BCUT2D eigenvalue weighted by Crippen LogP contribution is 2.27. The summed E-state index contributed by atoms with van der Waals surface area (Å²) in [5.74, 6) is -0.512. The van der Waals surface area contributed by atoms with E-state index < -0.39 is 9.05 Å². The van der Waals surface area contributed by atoms with Crippen LogP contribution in [0.3, 0.4) is 0 Å². The third-order valence-corrected chi connectivity index (χ3v) is 4.52. The van der Waals surface area contributed by atoms with Crippen LogP contribution in [-0.2, 0) is 13.8 Å². The Labute approximate surface area is 117 Å². The van der Waals surface area contributed by atoms with Crippen LogP contribution in [0, 0.1) is 19.8 Å². The molecule has 0 saturated carbocycles. The lowest BCUT2D eigenvalue weighted by Gasteiger charge is -2.17. The Morgan fingerprint density at radius 1 is 1.47 bits per heavy atom. The lowest BCUT2D eigenvalue weighted by Crippen LogP contribution is -2.25. The molecule has 1 aromatic rings. The zero-order valence-electron chi connectivity index (χ0n) is 10.8. The Bertz CT molecular complexity index is 615. The van der Waals surface area contributed by atoms with Crippen LogP contribution in [0.4, 0.5) is 5.69 Å². The van der Waals surface area contributed by atoms with Gasteiger partial charge in [0.05, 0.1) is 17.6 Å². The van der Waals surface area contributed by atoms with Crippen LogP contribution in [0.15, 0.2) is 12.3 Å². The van der Waals surface area contributed by atoms with Gasteiger partial charge in [-0.2, -0.15) is 0 Å². The molecule has 1 aliphatic rings. The van der Waals surface area contributed by atoms with E-state index in [4.69, 9.17) is 10.7 Å². The Hall–Kier alpha value is -1.14. The van der Waals surface area contributed by atoms with E-state index in [0.29, 0.717) is 12.2 Å². The van der Waals surface area contributed by atoms with Gasteiger partial charge in [0.2, 0.25) is 15.0 Å². The van der Waals surface area contributed by atoms with Gasteiger partial charge in [-0.3, -0.25) is 9.78 Å². The fourth-order valence-electron chi connectivity index (χ4n) is 2.20. The molecule has 19 heavy (non-hydrogen) atoms. The molecule has 2 rings (SSSR count). The fourth-order valence-corrected chi connectivity index (χ4v) is 3.52. The van der Waals surface area contributed by atoms with E-state index in [-0.39, 0.29) is 24.0 Å². The molecule has 5 nitrogen and oxygen atoms in total. The van der Waals surface area contributed by atoms with Crippen molar-refractivity contribution in [2.24, 2.45) is 5.92 Å². The SMILES string of the molecule is Cc1cc(N2CC(CS(=O)(=O)Cl)CC2=O)cnc1C. The number of rotatable bonds is 3. The van der Waals surface area contributed by atoms with Crippen molar-refractivity contribution in [2.45, 2.75) is 20.3 Å². The monoisotopic (exact) mass is 302 g/mol. The van der Waals surface area contributed by atoms with Crippen LogP contribution in [0.1, 0.15) is 17.7 Å². The van der Waals surface area contributed by atoms with Crippen LogP contribution >= 0.6 is 10.7 Å². The number of anilines is 1. The molecule has 7 heteroatoms. The molecule has 0 aromatic carbocycles. The van der Waals surface area contributed by atoms with Crippen LogP contribution in [0.5, 0.6) is 0 Å². The topological polar surface area (TPSA) is 67.3 Å². The number of carbonyl (C=O) groups is 1. The third-order valence-electron chi connectivity index (χ3n) is 3.28. The van der Waals surface area contributed by atoms with Crippen molar-refractivity contribution < 1.29 is 13.2 Å². The van der Waals surface area contributed by atoms with Crippen molar-refractivity contribution in [2.75, 3.05) is 17.2 Å². The molecule has 1 aromatic heterocycles. The Balaban J connectivity index is 2.18. The van der Waals surface area contributed by atoms with Crippen LogP contribution in [0.2, 0.25) is 0 Å². The molecule has 0 N–H and O–H groups in total. The highest BCUT2D eigenvalue weighted by atomic mass is 35.7. The number of pyridine rings is 1. The molecule has 104 valence electrons. The Morgan fingerprint density at radius 3 is 2.74 bits per heavy atom. The average Bonchev–Trinajstić information content (AvgIpc) is 2.61. The predicted octanol–water partition coefficient (Wildman–Crippen LogP) is 1.62. The van der Waals surface area contributed by atoms with Gasteiger partial charge in [-0.15, -0.1) is 0 Å². The minimum Gasteiger partial charge on any atom is -0.311 e. The van der Waals surface area contributed by atoms with Crippen LogP contribution < -0.4 is 4.90 Å². The van der Waals surface area contributed by atoms with E-state index in [1.54, 1.807) is 11.1 Å². The van der Waals surface area contributed by atoms with Crippen molar-refractivity contribution in [3.05, 3.63) is 23.5 Å². The van der Waals surface area contributed by atoms with Gasteiger partial charge in [0.15, 0.2) is 0 Å². The van der Waals surface area contributed by atoms with E-state index >= 15 is 0 Å². The molecule has 1 aliphatic heterocycles. The minimum atomic E-state index is -3.57. The summed E-state index contributed by atoms with van der Waals surface area (Å²) < 4.78 is 22.1. The maximum Gasteiger partial charge on any atom is 0.232 e. The van der Waals surface area contributed by atoms with Gasteiger partial charge < -0.3 is 4.90 Å². The molecule has 0 spiro atoms. The summed E-state index contributed by atoms with van der Waals surface area (Å²) >= 11 is 0. The molecular weight excluding hydrogens is 288 g/mol. The van der Waals surface area contributed by atoms with E-state index in [0.717, 1.165) is 11.3 Å². The number of halogens is 1. The largest absolute Gasteiger partial charge is 0.311 e. The quantitative estimate of drug-likeness (QED) is 0.796. The minimum absolute atomic E-state index is 0.0876. The summed E-state index contributed by atoms with van der Waals surface area (Å²) in [6.07, 6.45) is 1.84. The highest BCUT2D eigenvalue weighted by Gasteiger charge is 2.33. The summed E-state index contributed by atoms with van der Waals surface area (Å²) in [4.78, 5) is 17.7. The summed E-state index contributed by atoms with van der Waals surface area (Å²) in [7, 11) is 1.66. The zero-order chi connectivity index (χ0) is 14.2. The molecule has 1 saturated heterocycles. The summed E-state index contributed by atoms with van der Waals surface area (Å²) in [5.41, 5.74) is 2.62. The van der Waals surface area contributed by atoms with Gasteiger partial charge in [-0.05, 0) is 25.5 Å². The number of nitrogens with zero attached hydrogens (tertiary/aromatic N) is 2. The van der Waals surface area contributed by atoms with Crippen LogP contribution in [0.25, 0.3) is 0 Å². The van der Waals surface area contributed by atoms with Gasteiger partial charge in [-0.1, -0.05) is 0 Å². The first-order valence-corrected chi connectivity index (χ1v) is 8.40. The number of aryl methyl sites for hydroxylation is 2. The van der Waals surface area contributed by atoms with Gasteiger partial charge in [0, 0.05) is 35.3 Å². The molecule has 1 unspecified atom stereocenters. The Kier molecular flexibility index (Phi) is 3.82. The van der Waals surface area contributed by atoms with E-state index in [9.17, 15) is 13.2 Å². The summed E-state index contributed by atoms with van der Waals surface area (Å²) in [6, 6.07) is 1.89. The van der Waals surface area contributed by atoms with Crippen molar-refractivity contribution in [1.29, 1.82) is 0 Å². The standard InChI is InChI=1S/C12H15ClN2O3S/c1-8-3-11(5-14-9(8)2)15-6-10(4-12(15)16)7-19(13,17)18/h3,5,10H,4,6-7H2,1-2H3. The molecule has 0 bridgehead atoms. The predicted molar refractivity (Wildman–Crippen MR) is 73.8 cm³/mol. The molecule has 0 radical (unpaired) electrons. The molecular formula is C12H15ClN2O3S. The fraction of sp³-hybridized carbons (Fsp3) is 0.500. The second-order valence-electron chi connectivity index (χ2n) is 4.88. The number of amides is 1. The van der Waals surface area contributed by atoms with Gasteiger partial charge in [0.25, 0.3) is 0 Å². The molecule has 0 aliphatic carbocycles. The number of carbonyl (C=O) groups excluding carboxylic acids is 1. The van der Waals surface area contributed by atoms with Crippen molar-refractivity contribution in [3.63, 3.8) is 0 Å². The van der Waals surface area contributed by atoms with Crippen molar-refractivity contribution >= 4 is 31.3 Å². The third kappa shape index (κ3) is 3.45. The first-order valence-electron chi connectivity index (χ1n) is 5.92. The zero-order valence-corrected chi connectivity index (χ0v) is 12.3. The van der Waals surface area contributed by atoms with Gasteiger partial charge >= 0.3 is 0 Å². The lowest BCUT2D eigenvalue weighted by atomic mass is 10.1. The van der Waals surface area contributed by atoms with Crippen LogP contribution in [-0.4, -0.2) is 31.6 Å². The van der Waals surface area contributed by atoms with E-state index in [1.807, 2.05) is 19.9 Å². The van der Waals surface area contributed by atoms with Crippen molar-refractivity contribution in [3.8, 4) is 0 Å². The summed E-state index contributed by atoms with van der Waals surface area (Å²) in [6.45, 7) is 4.19. The molecule has 1 amide bonds. The second-order valence-corrected chi connectivity index (χ2v) is 7.70. The summed E-state index contributed by atoms with van der Waals surface area (Å²) in [5, 5.41) is 0. The smallest absolute Gasteiger partial charge is 0.232 e. The maximum absolute atomic E-state index is 11.9. The highest BCUT2D eigenvalue weighted by molar-refractivity contribution is 8.13. The first-order chi connectivity index (χ1) is 8.76. The molecule has 1 atom stereocenters. The van der Waals surface area contributed by atoms with E-state index in [1.165, 1.54) is 0 Å². The lowest BCUT2D eigenvalue weighted by molar-refractivity contribution is -0.117. The number of aromatic nitrogens is 1.